The van der Waals surface area contributed by atoms with Gasteiger partial charge < -0.3 is 0 Å². The number of hydrogen-bond acceptors (Lipinski definition) is 3. The molecule has 0 spiro atoms. The van der Waals surface area contributed by atoms with E-state index < -0.39 is 0 Å². The van der Waals surface area contributed by atoms with Gasteiger partial charge in [-0.25, -0.2) is 0 Å². The molecule has 0 aliphatic rings. The first-order valence-corrected chi connectivity index (χ1v) is 6.11. The van der Waals surface area contributed by atoms with Crippen LogP contribution in [-0.4, -0.2) is 17.5 Å². The Hall–Kier alpha value is -1.61. The fraction of sp³-hybridized carbons (Fsp3) is 0.0769. The Kier molecular flexibility index (Phi) is 3.37. The zero-order valence-electron chi connectivity index (χ0n) is 8.88. The van der Waals surface area contributed by atoms with Crippen molar-refractivity contribution in [2.24, 2.45) is 0 Å². The summed E-state index contributed by atoms with van der Waals surface area (Å²) in [6.45, 7) is 0. The van der Waals surface area contributed by atoms with Crippen LogP contribution in [0.4, 0.5) is 0 Å². The molecule has 1 aromatic heterocycles. The molecule has 0 unspecified atom stereocenters. The largest absolute Gasteiger partial charge is 0.298 e. The molecular weight excluding hydrogens is 218 g/mol. The van der Waals surface area contributed by atoms with Gasteiger partial charge in [0.05, 0.1) is 5.69 Å². The van der Waals surface area contributed by atoms with E-state index in [2.05, 4.69) is 17.1 Å². The molecule has 3 heteroatoms. The van der Waals surface area contributed by atoms with Gasteiger partial charge >= 0.3 is 0 Å². The van der Waals surface area contributed by atoms with E-state index in [0.717, 1.165) is 17.5 Å². The number of benzene rings is 1. The van der Waals surface area contributed by atoms with Gasteiger partial charge in [0.1, 0.15) is 0 Å². The number of carbonyl (C=O) groups is 1. The average molecular weight is 229 g/mol. The number of rotatable bonds is 3. The molecule has 0 aliphatic heterocycles. The molecule has 1 aromatic carbocycles. The summed E-state index contributed by atoms with van der Waals surface area (Å²) in [5.74, 6) is 0. The molecule has 1 heterocycles. The maximum atomic E-state index is 10.5. The number of thioether (sulfide) groups is 1. The molecule has 16 heavy (non-hydrogen) atoms. The van der Waals surface area contributed by atoms with Crippen LogP contribution >= 0.6 is 11.8 Å². The predicted octanol–water partition coefficient (Wildman–Crippen LogP) is 3.28. The van der Waals surface area contributed by atoms with Gasteiger partial charge in [-0.2, -0.15) is 0 Å². The fourth-order valence-corrected chi connectivity index (χ4v) is 1.82. The van der Waals surface area contributed by atoms with E-state index in [0.29, 0.717) is 5.56 Å². The van der Waals surface area contributed by atoms with Gasteiger partial charge in [-0.3, -0.25) is 9.78 Å². The summed E-state index contributed by atoms with van der Waals surface area (Å²) in [5, 5.41) is 0. The van der Waals surface area contributed by atoms with Crippen LogP contribution < -0.4 is 0 Å². The summed E-state index contributed by atoms with van der Waals surface area (Å²) in [7, 11) is 0. The summed E-state index contributed by atoms with van der Waals surface area (Å²) >= 11 is 1.71. The molecule has 0 bridgehead atoms. The van der Waals surface area contributed by atoms with Crippen molar-refractivity contribution in [3.05, 3.63) is 48.2 Å². The molecule has 0 aliphatic carbocycles. The molecular formula is C13H11NOS. The Morgan fingerprint density at radius 1 is 1.12 bits per heavy atom. The molecule has 2 aromatic rings. The minimum atomic E-state index is 0.601. The summed E-state index contributed by atoms with van der Waals surface area (Å²) in [6.07, 6.45) is 4.44. The van der Waals surface area contributed by atoms with Crippen molar-refractivity contribution in [3.63, 3.8) is 0 Å². The first kappa shape index (κ1) is 10.9. The maximum Gasteiger partial charge on any atom is 0.151 e. The van der Waals surface area contributed by atoms with E-state index in [1.54, 1.807) is 24.0 Å². The molecule has 2 rings (SSSR count). The van der Waals surface area contributed by atoms with Crippen molar-refractivity contribution >= 4 is 18.0 Å². The molecule has 0 saturated carbocycles. The smallest absolute Gasteiger partial charge is 0.151 e. The van der Waals surface area contributed by atoms with Crippen LogP contribution in [-0.2, 0) is 0 Å². The van der Waals surface area contributed by atoms with E-state index >= 15 is 0 Å². The quantitative estimate of drug-likeness (QED) is 0.597. The Balaban J connectivity index is 2.31. The van der Waals surface area contributed by atoms with Crippen molar-refractivity contribution in [1.82, 2.24) is 4.98 Å². The van der Waals surface area contributed by atoms with Crippen molar-refractivity contribution in [3.8, 4) is 11.3 Å². The number of carbonyl (C=O) groups excluding carboxylic acids is 1. The van der Waals surface area contributed by atoms with Crippen LogP contribution in [0.1, 0.15) is 10.4 Å². The van der Waals surface area contributed by atoms with Gasteiger partial charge in [0.2, 0.25) is 0 Å². The number of nitrogens with zero attached hydrogens (tertiary/aromatic N) is 1. The van der Waals surface area contributed by atoms with Crippen LogP contribution in [0.3, 0.4) is 0 Å². The zero-order chi connectivity index (χ0) is 11.4. The van der Waals surface area contributed by atoms with Crippen LogP contribution in [0.15, 0.2) is 47.5 Å². The first-order valence-electron chi connectivity index (χ1n) is 4.89. The van der Waals surface area contributed by atoms with Crippen LogP contribution in [0.2, 0.25) is 0 Å². The first-order chi connectivity index (χ1) is 7.83. The lowest BCUT2D eigenvalue weighted by Crippen LogP contribution is -1.86. The van der Waals surface area contributed by atoms with E-state index in [-0.39, 0.29) is 0 Å². The van der Waals surface area contributed by atoms with E-state index in [4.69, 9.17) is 0 Å². The minimum Gasteiger partial charge on any atom is -0.298 e. The highest BCUT2D eigenvalue weighted by molar-refractivity contribution is 7.98. The lowest BCUT2D eigenvalue weighted by atomic mass is 10.1. The third kappa shape index (κ3) is 2.31. The fourth-order valence-electron chi connectivity index (χ4n) is 1.41. The van der Waals surface area contributed by atoms with E-state index in [9.17, 15) is 4.79 Å². The SMILES string of the molecule is CSc1ccc(-c2ccc(C=O)cn2)cc1. The highest BCUT2D eigenvalue weighted by Crippen LogP contribution is 2.21. The van der Waals surface area contributed by atoms with Gasteiger partial charge in [0, 0.05) is 22.2 Å². The Labute approximate surface area is 98.7 Å². The molecule has 2 nitrogen and oxygen atoms in total. The molecule has 0 amide bonds. The molecule has 0 saturated heterocycles. The zero-order valence-corrected chi connectivity index (χ0v) is 9.70. The van der Waals surface area contributed by atoms with Gasteiger partial charge in [-0.1, -0.05) is 12.1 Å². The molecule has 80 valence electrons. The second-order valence-electron chi connectivity index (χ2n) is 3.32. The highest BCUT2D eigenvalue weighted by atomic mass is 32.2. The van der Waals surface area contributed by atoms with Gasteiger partial charge in [-0.15, -0.1) is 11.8 Å². The topological polar surface area (TPSA) is 30.0 Å². The van der Waals surface area contributed by atoms with E-state index in [1.165, 1.54) is 4.90 Å². The van der Waals surface area contributed by atoms with Crippen molar-refractivity contribution in [1.29, 1.82) is 0 Å². The maximum absolute atomic E-state index is 10.5. The van der Waals surface area contributed by atoms with E-state index in [1.807, 2.05) is 24.5 Å². The van der Waals surface area contributed by atoms with Crippen molar-refractivity contribution in [2.45, 2.75) is 4.90 Å². The number of aldehydes is 1. The summed E-state index contributed by atoms with van der Waals surface area (Å²) in [5.41, 5.74) is 2.55. The average Bonchev–Trinajstić information content (AvgIpc) is 2.39. The molecule has 0 N–H and O–H groups in total. The number of aromatic nitrogens is 1. The molecule has 0 fully saturated rings. The summed E-state index contributed by atoms with van der Waals surface area (Å²) in [6, 6.07) is 11.8. The monoisotopic (exact) mass is 229 g/mol. The third-order valence-electron chi connectivity index (χ3n) is 2.31. The number of pyridine rings is 1. The Morgan fingerprint density at radius 2 is 1.88 bits per heavy atom. The molecule has 0 radical (unpaired) electrons. The third-order valence-corrected chi connectivity index (χ3v) is 3.05. The second kappa shape index (κ2) is 4.94. The Morgan fingerprint density at radius 3 is 2.38 bits per heavy atom. The van der Waals surface area contributed by atoms with Crippen molar-refractivity contribution < 1.29 is 4.79 Å². The van der Waals surface area contributed by atoms with Crippen LogP contribution in [0.25, 0.3) is 11.3 Å². The highest BCUT2D eigenvalue weighted by Gasteiger charge is 1.99. The van der Waals surface area contributed by atoms with Crippen LogP contribution in [0, 0.1) is 0 Å². The van der Waals surface area contributed by atoms with Crippen molar-refractivity contribution in [2.75, 3.05) is 6.26 Å². The minimum absolute atomic E-state index is 0.601. The summed E-state index contributed by atoms with van der Waals surface area (Å²) < 4.78 is 0. The van der Waals surface area contributed by atoms with Gasteiger partial charge in [0.15, 0.2) is 6.29 Å². The Bertz CT molecular complexity index is 476. The van der Waals surface area contributed by atoms with Gasteiger partial charge in [-0.05, 0) is 30.5 Å². The van der Waals surface area contributed by atoms with Crippen LogP contribution in [0.5, 0.6) is 0 Å². The lowest BCUT2D eigenvalue weighted by Gasteiger charge is -2.02. The molecule has 0 atom stereocenters. The summed E-state index contributed by atoms with van der Waals surface area (Å²) in [4.78, 5) is 16.0. The number of hydrogen-bond donors (Lipinski definition) is 0. The second-order valence-corrected chi connectivity index (χ2v) is 4.20. The lowest BCUT2D eigenvalue weighted by molar-refractivity contribution is 0.112. The van der Waals surface area contributed by atoms with Gasteiger partial charge in [0.25, 0.3) is 0 Å². The standard InChI is InChI=1S/C13H11NOS/c1-16-12-5-3-11(4-6-12)13-7-2-10(9-15)8-14-13/h2-9H,1H3. The predicted molar refractivity (Wildman–Crippen MR) is 66.8 cm³/mol. The normalized spacial score (nSPS) is 10.1.